The first-order valence-corrected chi connectivity index (χ1v) is 9.91. The molecule has 3 saturated carbocycles. The van der Waals surface area contributed by atoms with Gasteiger partial charge in [0, 0.05) is 11.8 Å². The number of ether oxygens (including phenoxy) is 1. The largest absolute Gasteiger partial charge is 0.454 e. The van der Waals surface area contributed by atoms with Crippen LogP contribution >= 0.6 is 0 Å². The first kappa shape index (κ1) is 16.1. The molecule has 1 heterocycles. The van der Waals surface area contributed by atoms with Gasteiger partial charge in [0.1, 0.15) is 11.0 Å². The van der Waals surface area contributed by atoms with Crippen molar-refractivity contribution in [3.05, 3.63) is 24.3 Å². The lowest BCUT2D eigenvalue weighted by Crippen LogP contribution is -2.50. The van der Waals surface area contributed by atoms with Gasteiger partial charge in [-0.3, -0.25) is 4.79 Å². The van der Waals surface area contributed by atoms with Gasteiger partial charge in [0.05, 0.1) is 6.10 Å². The summed E-state index contributed by atoms with van der Waals surface area (Å²) >= 11 is 0. The van der Waals surface area contributed by atoms with Gasteiger partial charge in [-0.1, -0.05) is 39.0 Å². The average Bonchev–Trinajstić information content (AvgIpc) is 2.95. The fourth-order valence-corrected chi connectivity index (χ4v) is 8.18. The van der Waals surface area contributed by atoms with Gasteiger partial charge in [-0.15, -0.1) is 0 Å². The van der Waals surface area contributed by atoms with Crippen LogP contribution in [0.1, 0.15) is 53.4 Å². The fourth-order valence-electron chi connectivity index (χ4n) is 8.18. The lowest BCUT2D eigenvalue weighted by atomic mass is 9.57. The maximum absolute atomic E-state index is 12.9. The summed E-state index contributed by atoms with van der Waals surface area (Å²) in [5, 5.41) is 10.8. The van der Waals surface area contributed by atoms with E-state index < -0.39 is 17.1 Å². The van der Waals surface area contributed by atoms with Crippen molar-refractivity contribution in [3.63, 3.8) is 0 Å². The highest BCUT2D eigenvalue weighted by Gasteiger charge is 2.81. The van der Waals surface area contributed by atoms with Crippen LogP contribution in [0.4, 0.5) is 0 Å². The van der Waals surface area contributed by atoms with Crippen LogP contribution in [-0.4, -0.2) is 22.8 Å². The van der Waals surface area contributed by atoms with E-state index in [4.69, 9.17) is 4.74 Å². The molecule has 4 fully saturated rings. The number of carbonyl (C=O) groups is 1. The summed E-state index contributed by atoms with van der Waals surface area (Å²) in [6, 6.07) is 0. The minimum absolute atomic E-state index is 0.0748. The summed E-state index contributed by atoms with van der Waals surface area (Å²) in [6.45, 7) is 13.4. The van der Waals surface area contributed by atoms with Crippen molar-refractivity contribution in [3.8, 4) is 0 Å². The lowest BCUT2D eigenvalue weighted by Gasteiger charge is -2.47. The molecular formula is C22H30O3. The highest BCUT2D eigenvalue weighted by molar-refractivity contribution is 5.83. The number of fused-ring (bicyclic) bond motifs is 1. The smallest absolute Gasteiger partial charge is 0.316 e. The van der Waals surface area contributed by atoms with Crippen LogP contribution in [0.15, 0.2) is 24.3 Å². The summed E-state index contributed by atoms with van der Waals surface area (Å²) in [5.41, 5.74) is 0.481. The van der Waals surface area contributed by atoms with Crippen LogP contribution in [0, 0.1) is 39.9 Å². The Morgan fingerprint density at radius 2 is 2.08 bits per heavy atom. The van der Waals surface area contributed by atoms with Crippen molar-refractivity contribution < 1.29 is 14.6 Å². The molecule has 3 nitrogen and oxygen atoms in total. The topological polar surface area (TPSA) is 46.5 Å². The van der Waals surface area contributed by atoms with Crippen molar-refractivity contribution >= 4 is 5.97 Å². The second kappa shape index (κ2) is 4.24. The molecular weight excluding hydrogens is 312 g/mol. The Morgan fingerprint density at radius 3 is 2.76 bits per heavy atom. The van der Waals surface area contributed by atoms with Crippen molar-refractivity contribution in [2.45, 2.75) is 65.1 Å². The molecule has 1 spiro atoms. The van der Waals surface area contributed by atoms with Crippen LogP contribution < -0.4 is 0 Å². The van der Waals surface area contributed by atoms with E-state index in [1.54, 1.807) is 0 Å². The summed E-state index contributed by atoms with van der Waals surface area (Å²) in [6.07, 6.45) is 7.65. The van der Waals surface area contributed by atoms with Crippen molar-refractivity contribution in [2.75, 3.05) is 0 Å². The van der Waals surface area contributed by atoms with Gasteiger partial charge in [0.2, 0.25) is 0 Å². The van der Waals surface area contributed by atoms with Gasteiger partial charge in [-0.25, -0.2) is 0 Å². The maximum Gasteiger partial charge on any atom is 0.316 e. The first-order valence-electron chi connectivity index (χ1n) is 9.91. The summed E-state index contributed by atoms with van der Waals surface area (Å²) in [4.78, 5) is 12.9. The Hall–Kier alpha value is -1.09. The van der Waals surface area contributed by atoms with Crippen LogP contribution in [0.5, 0.6) is 0 Å². The average molecular weight is 342 g/mol. The predicted molar refractivity (Wildman–Crippen MR) is 95.5 cm³/mol. The fraction of sp³-hybridized carbons (Fsp3) is 0.773. The van der Waals surface area contributed by atoms with E-state index in [0.717, 1.165) is 19.3 Å². The molecule has 3 heteroatoms. The van der Waals surface area contributed by atoms with Gasteiger partial charge in [0.15, 0.2) is 0 Å². The quantitative estimate of drug-likeness (QED) is 0.581. The Morgan fingerprint density at radius 1 is 1.36 bits per heavy atom. The molecule has 4 bridgehead atoms. The molecule has 0 aromatic heterocycles. The van der Waals surface area contributed by atoms with E-state index in [1.807, 2.05) is 13.0 Å². The lowest BCUT2D eigenvalue weighted by molar-refractivity contribution is -0.159. The number of rotatable bonds is 1. The third-order valence-electron chi connectivity index (χ3n) is 9.07. The highest BCUT2D eigenvalue weighted by atomic mass is 16.6. The van der Waals surface area contributed by atoms with Crippen LogP contribution in [0.3, 0.4) is 0 Å². The second-order valence-electron chi connectivity index (χ2n) is 10.4. The Bertz CT molecular complexity index is 723. The van der Waals surface area contributed by atoms with Gasteiger partial charge < -0.3 is 9.84 Å². The molecule has 0 aromatic rings. The van der Waals surface area contributed by atoms with E-state index in [9.17, 15) is 9.90 Å². The van der Waals surface area contributed by atoms with Crippen LogP contribution in [0.25, 0.3) is 0 Å². The third-order valence-corrected chi connectivity index (χ3v) is 9.07. The minimum atomic E-state index is -0.809. The molecule has 0 radical (unpaired) electrons. The number of hydrogen-bond donors (Lipinski definition) is 1. The molecule has 1 saturated heterocycles. The zero-order chi connectivity index (χ0) is 18.0. The zero-order valence-electron chi connectivity index (χ0n) is 15.8. The number of allylic oxidation sites excluding steroid dienone is 1. The number of carbonyl (C=O) groups excluding carboxylic acids is 1. The normalized spacial score (nSPS) is 58.5. The highest BCUT2D eigenvalue weighted by Crippen LogP contribution is 2.79. The third kappa shape index (κ3) is 1.46. The Balaban J connectivity index is 1.77. The first-order chi connectivity index (χ1) is 11.6. The van der Waals surface area contributed by atoms with E-state index in [0.29, 0.717) is 17.8 Å². The standard InChI is InChI=1S/C22H30O3/c1-12(2)16-17-20(5)15(23)7-9-22(17,25-18(20)24)14-6-8-19(4)11-21(14,16)10-13(19)3/h7,9,12,14-17,23H,3,6,8,10-11H2,1-2,4-5H3/t14-,15+,16+,17?,19?,20-,21+,22-/m1/s1. The number of aliphatic hydroxyl groups excluding tert-OH is 1. The zero-order valence-corrected chi connectivity index (χ0v) is 15.8. The van der Waals surface area contributed by atoms with Gasteiger partial charge in [0.25, 0.3) is 0 Å². The van der Waals surface area contributed by atoms with Crippen LogP contribution in [-0.2, 0) is 9.53 Å². The molecule has 8 atom stereocenters. The Labute approximate surface area is 150 Å². The van der Waals surface area contributed by atoms with Crippen molar-refractivity contribution in [2.24, 2.45) is 39.9 Å². The molecule has 136 valence electrons. The number of esters is 1. The molecule has 25 heavy (non-hydrogen) atoms. The SMILES string of the molecule is C=C1C[C@]23CC1(C)CC[C@H]2[C@@]12C=C[C@H](O)[C@@](C)(C(=O)O1)C2[C@@H]3C(C)C. The number of hydrogen-bond acceptors (Lipinski definition) is 3. The molecule has 5 rings (SSSR count). The molecule has 0 aromatic carbocycles. The minimum Gasteiger partial charge on any atom is -0.454 e. The molecule has 2 unspecified atom stereocenters. The molecule has 5 aliphatic rings. The summed E-state index contributed by atoms with van der Waals surface area (Å²) in [7, 11) is 0. The molecule has 4 aliphatic carbocycles. The number of aliphatic hydroxyl groups is 1. The monoisotopic (exact) mass is 342 g/mol. The second-order valence-corrected chi connectivity index (χ2v) is 10.4. The van der Waals surface area contributed by atoms with E-state index in [1.165, 1.54) is 12.0 Å². The van der Waals surface area contributed by atoms with Crippen LogP contribution in [0.2, 0.25) is 0 Å². The molecule has 0 amide bonds. The van der Waals surface area contributed by atoms with Crippen molar-refractivity contribution in [1.82, 2.24) is 0 Å². The van der Waals surface area contributed by atoms with E-state index >= 15 is 0 Å². The molecule has 1 N–H and O–H groups in total. The van der Waals surface area contributed by atoms with E-state index in [2.05, 4.69) is 33.4 Å². The maximum atomic E-state index is 12.9. The summed E-state index contributed by atoms with van der Waals surface area (Å²) < 4.78 is 6.22. The summed E-state index contributed by atoms with van der Waals surface area (Å²) in [5.74, 6) is 1.08. The van der Waals surface area contributed by atoms with Gasteiger partial charge >= 0.3 is 5.97 Å². The molecule has 1 aliphatic heterocycles. The Kier molecular flexibility index (Phi) is 2.73. The van der Waals surface area contributed by atoms with Gasteiger partial charge in [-0.05, 0) is 61.3 Å². The van der Waals surface area contributed by atoms with Gasteiger partial charge in [-0.2, -0.15) is 0 Å². The van der Waals surface area contributed by atoms with Crippen molar-refractivity contribution in [1.29, 1.82) is 0 Å². The van der Waals surface area contributed by atoms with E-state index in [-0.39, 0.29) is 22.7 Å². The predicted octanol–water partition coefficient (Wildman–Crippen LogP) is 3.87.